The number of hydrogen-bond donors (Lipinski definition) is 1. The largest absolute Gasteiger partial charge is 0.330 e. The van der Waals surface area contributed by atoms with Gasteiger partial charge < -0.3 is 0 Å². The second-order valence-corrected chi connectivity index (χ2v) is 3.59. The average Bonchev–Trinajstić information content (AvgIpc) is 2.11. The number of rotatable bonds is 1. The number of barbiturate groups is 1. The number of nitrogens with zero attached hydrogens (tertiary/aromatic N) is 2. The predicted molar refractivity (Wildman–Crippen MR) is 48.4 cm³/mol. The summed E-state index contributed by atoms with van der Waals surface area (Å²) in [5.41, 5.74) is -1.30. The van der Waals surface area contributed by atoms with Crippen LogP contribution in [0.2, 0.25) is 0 Å². The number of carbonyl (C=O) groups excluding carboxylic acids is 3. The summed E-state index contributed by atoms with van der Waals surface area (Å²) in [4.78, 5) is 36.7. The molecular formula is C8H13N3O3. The zero-order valence-corrected chi connectivity index (χ0v) is 8.62. The van der Waals surface area contributed by atoms with Crippen LogP contribution in [0.3, 0.4) is 0 Å². The lowest BCUT2D eigenvalue weighted by atomic mass is 9.96. The van der Waals surface area contributed by atoms with Gasteiger partial charge >= 0.3 is 6.03 Å². The van der Waals surface area contributed by atoms with E-state index in [4.69, 9.17) is 0 Å². The Balaban J connectivity index is 3.13. The Bertz CT molecular complexity index is 313. The lowest BCUT2D eigenvalue weighted by Gasteiger charge is -2.39. The third-order valence-corrected chi connectivity index (χ3v) is 2.58. The molecule has 14 heavy (non-hydrogen) atoms. The Kier molecular flexibility index (Phi) is 2.32. The van der Waals surface area contributed by atoms with Crippen molar-refractivity contribution in [3.05, 3.63) is 0 Å². The minimum Gasteiger partial charge on any atom is -0.288 e. The monoisotopic (exact) mass is 199 g/mol. The molecule has 1 fully saturated rings. The molecule has 0 aromatic carbocycles. The van der Waals surface area contributed by atoms with E-state index in [1.165, 1.54) is 18.9 Å². The van der Waals surface area contributed by atoms with Gasteiger partial charge in [0, 0.05) is 7.05 Å². The number of amides is 4. The van der Waals surface area contributed by atoms with Gasteiger partial charge in [0.1, 0.15) is 0 Å². The van der Waals surface area contributed by atoms with Gasteiger partial charge in [-0.3, -0.25) is 24.7 Å². The van der Waals surface area contributed by atoms with Crippen LogP contribution in [0.1, 0.15) is 6.92 Å². The third kappa shape index (κ3) is 1.19. The molecule has 4 amide bonds. The van der Waals surface area contributed by atoms with Gasteiger partial charge in [-0.15, -0.1) is 0 Å². The fraction of sp³-hybridized carbons (Fsp3) is 0.625. The molecule has 0 saturated carbocycles. The van der Waals surface area contributed by atoms with E-state index in [1.54, 1.807) is 14.1 Å². The number of carbonyl (C=O) groups is 3. The van der Waals surface area contributed by atoms with Crippen LogP contribution in [0.15, 0.2) is 0 Å². The van der Waals surface area contributed by atoms with E-state index in [9.17, 15) is 14.4 Å². The fourth-order valence-electron chi connectivity index (χ4n) is 1.21. The maximum atomic E-state index is 11.7. The van der Waals surface area contributed by atoms with Crippen LogP contribution >= 0.6 is 0 Å². The van der Waals surface area contributed by atoms with Crippen molar-refractivity contribution in [3.63, 3.8) is 0 Å². The summed E-state index contributed by atoms with van der Waals surface area (Å²) < 4.78 is 0. The molecule has 0 bridgehead atoms. The van der Waals surface area contributed by atoms with E-state index < -0.39 is 23.4 Å². The Hall–Kier alpha value is -1.43. The molecule has 1 heterocycles. The number of hydrogen-bond acceptors (Lipinski definition) is 4. The number of nitrogens with one attached hydrogen (secondary N) is 1. The van der Waals surface area contributed by atoms with Crippen LogP contribution in [-0.4, -0.2) is 54.3 Å². The predicted octanol–water partition coefficient (Wildman–Crippen LogP) is -0.985. The molecule has 0 aliphatic carbocycles. The topological polar surface area (TPSA) is 69.7 Å². The van der Waals surface area contributed by atoms with E-state index in [0.29, 0.717) is 0 Å². The van der Waals surface area contributed by atoms with Crippen molar-refractivity contribution in [1.82, 2.24) is 15.1 Å². The second-order valence-electron chi connectivity index (χ2n) is 3.59. The van der Waals surface area contributed by atoms with Crippen molar-refractivity contribution in [2.45, 2.75) is 12.5 Å². The first-order chi connectivity index (χ1) is 6.31. The van der Waals surface area contributed by atoms with E-state index in [0.717, 1.165) is 4.90 Å². The summed E-state index contributed by atoms with van der Waals surface area (Å²) in [6.07, 6.45) is 0. The molecule has 1 atom stereocenters. The first-order valence-electron chi connectivity index (χ1n) is 4.12. The van der Waals surface area contributed by atoms with Gasteiger partial charge in [-0.1, -0.05) is 0 Å². The molecule has 0 aromatic rings. The first kappa shape index (κ1) is 10.6. The van der Waals surface area contributed by atoms with Crippen LogP contribution in [0.5, 0.6) is 0 Å². The van der Waals surface area contributed by atoms with E-state index in [-0.39, 0.29) is 0 Å². The molecule has 6 nitrogen and oxygen atoms in total. The summed E-state index contributed by atoms with van der Waals surface area (Å²) in [5.74, 6) is -1.10. The molecule has 1 N–H and O–H groups in total. The second kappa shape index (κ2) is 3.06. The molecule has 1 aliphatic rings. The Labute approximate surface area is 81.8 Å². The highest BCUT2D eigenvalue weighted by Gasteiger charge is 2.50. The summed E-state index contributed by atoms with van der Waals surface area (Å²) in [5, 5.41) is 2.12. The van der Waals surface area contributed by atoms with Gasteiger partial charge in [-0.05, 0) is 21.0 Å². The minimum absolute atomic E-state index is 0.517. The van der Waals surface area contributed by atoms with Gasteiger partial charge in [-0.25, -0.2) is 4.79 Å². The van der Waals surface area contributed by atoms with E-state index in [2.05, 4.69) is 5.32 Å². The van der Waals surface area contributed by atoms with Crippen molar-refractivity contribution in [1.29, 1.82) is 0 Å². The van der Waals surface area contributed by atoms with Crippen LogP contribution in [0.4, 0.5) is 4.79 Å². The summed E-state index contributed by atoms with van der Waals surface area (Å²) in [7, 11) is 4.56. The highest BCUT2D eigenvalue weighted by Crippen LogP contribution is 2.18. The van der Waals surface area contributed by atoms with E-state index >= 15 is 0 Å². The number of imide groups is 2. The van der Waals surface area contributed by atoms with Crippen molar-refractivity contribution >= 4 is 17.8 Å². The van der Waals surface area contributed by atoms with Crippen molar-refractivity contribution in [2.24, 2.45) is 0 Å². The van der Waals surface area contributed by atoms with Crippen molar-refractivity contribution in [3.8, 4) is 0 Å². The van der Waals surface area contributed by atoms with Crippen molar-refractivity contribution < 1.29 is 14.4 Å². The molecule has 0 aromatic heterocycles. The molecule has 78 valence electrons. The average molecular weight is 199 g/mol. The van der Waals surface area contributed by atoms with Gasteiger partial charge in [0.05, 0.1) is 0 Å². The van der Waals surface area contributed by atoms with Gasteiger partial charge in [0.25, 0.3) is 11.8 Å². The number of urea groups is 1. The molecule has 1 aliphatic heterocycles. The maximum Gasteiger partial charge on any atom is 0.330 e. The van der Waals surface area contributed by atoms with Gasteiger partial charge in [0.2, 0.25) is 0 Å². The molecule has 0 spiro atoms. The SMILES string of the molecule is CN1C(=O)NC(=O)C(C)(N(C)C)C1=O. The summed E-state index contributed by atoms with van der Waals surface area (Å²) in [6, 6.07) is -0.681. The molecule has 1 saturated heterocycles. The molecule has 0 radical (unpaired) electrons. The van der Waals surface area contributed by atoms with Crippen LogP contribution in [0, 0.1) is 0 Å². The minimum atomic E-state index is -1.30. The van der Waals surface area contributed by atoms with Gasteiger partial charge in [-0.2, -0.15) is 0 Å². The zero-order valence-electron chi connectivity index (χ0n) is 8.62. The molecule has 1 rings (SSSR count). The number of likely N-dealkylation sites (N-methyl/N-ethyl adjacent to an activating group) is 2. The highest BCUT2D eigenvalue weighted by molar-refractivity contribution is 6.21. The van der Waals surface area contributed by atoms with E-state index in [1.807, 2.05) is 0 Å². The lowest BCUT2D eigenvalue weighted by Crippen LogP contribution is -2.70. The fourth-order valence-corrected chi connectivity index (χ4v) is 1.21. The van der Waals surface area contributed by atoms with Crippen molar-refractivity contribution in [2.75, 3.05) is 21.1 Å². The quantitative estimate of drug-likeness (QED) is 0.551. The molecule has 6 heteroatoms. The summed E-state index contributed by atoms with van der Waals surface area (Å²) in [6.45, 7) is 1.48. The molecule has 1 unspecified atom stereocenters. The van der Waals surface area contributed by atoms with Crippen LogP contribution in [-0.2, 0) is 9.59 Å². The van der Waals surface area contributed by atoms with Crippen LogP contribution in [0.25, 0.3) is 0 Å². The lowest BCUT2D eigenvalue weighted by molar-refractivity contribution is -0.150. The van der Waals surface area contributed by atoms with Crippen LogP contribution < -0.4 is 5.32 Å². The summed E-state index contributed by atoms with van der Waals surface area (Å²) >= 11 is 0. The zero-order chi connectivity index (χ0) is 11.1. The maximum absolute atomic E-state index is 11.7. The smallest absolute Gasteiger partial charge is 0.288 e. The van der Waals surface area contributed by atoms with Gasteiger partial charge in [0.15, 0.2) is 5.54 Å². The Morgan fingerprint density at radius 1 is 1.29 bits per heavy atom. The molecular weight excluding hydrogens is 186 g/mol. The third-order valence-electron chi connectivity index (χ3n) is 2.58. The normalized spacial score (nSPS) is 28.4. The standard InChI is InChI=1S/C8H13N3O3/c1-8(10(2)3)5(12)9-7(14)11(4)6(8)13/h1-4H3,(H,9,12,14). The highest BCUT2D eigenvalue weighted by atomic mass is 16.2. The Morgan fingerprint density at radius 2 is 1.79 bits per heavy atom. The Morgan fingerprint density at radius 3 is 2.21 bits per heavy atom. The first-order valence-corrected chi connectivity index (χ1v) is 4.12.